The molecule has 1 aliphatic rings. The zero-order valence-corrected chi connectivity index (χ0v) is 9.58. The first kappa shape index (κ1) is 10.7. The van der Waals surface area contributed by atoms with Gasteiger partial charge in [-0.2, -0.15) is 0 Å². The minimum Gasteiger partial charge on any atom is -0.325 e. The largest absolute Gasteiger partial charge is 0.325 e. The first-order valence-corrected chi connectivity index (χ1v) is 6.06. The number of benzene rings is 1. The zero-order chi connectivity index (χ0) is 10.7. The summed E-state index contributed by atoms with van der Waals surface area (Å²) in [5.74, 6) is 0.485. The highest BCUT2D eigenvalue weighted by molar-refractivity contribution is 5.23. The van der Waals surface area contributed by atoms with Gasteiger partial charge in [-0.15, -0.1) is 0 Å². The lowest BCUT2D eigenvalue weighted by molar-refractivity contribution is 0.256. The van der Waals surface area contributed by atoms with E-state index < -0.39 is 0 Å². The Balaban J connectivity index is 2.16. The highest BCUT2D eigenvalue weighted by Crippen LogP contribution is 2.37. The first-order valence-electron chi connectivity index (χ1n) is 6.06. The summed E-state index contributed by atoms with van der Waals surface area (Å²) < 4.78 is 0. The van der Waals surface area contributed by atoms with Gasteiger partial charge in [0.25, 0.3) is 0 Å². The molecule has 1 aliphatic carbocycles. The summed E-state index contributed by atoms with van der Waals surface area (Å²) in [6, 6.07) is 10.7. The van der Waals surface area contributed by atoms with Crippen molar-refractivity contribution < 1.29 is 0 Å². The standard InChI is InChI=1S/C14H21N/c1-12(13-8-4-2-5-9-13)14(15)10-6-3-7-11-14/h2,4-5,8-9,12H,3,6-7,10-11,15H2,1H3/t12-/m1/s1. The molecule has 15 heavy (non-hydrogen) atoms. The molecule has 1 fully saturated rings. The summed E-state index contributed by atoms with van der Waals surface area (Å²) in [5.41, 5.74) is 7.97. The smallest absolute Gasteiger partial charge is 0.0221 e. The Kier molecular flexibility index (Phi) is 3.11. The van der Waals surface area contributed by atoms with Gasteiger partial charge in [-0.25, -0.2) is 0 Å². The molecule has 2 rings (SSSR count). The summed E-state index contributed by atoms with van der Waals surface area (Å²) in [6.45, 7) is 2.28. The topological polar surface area (TPSA) is 26.0 Å². The lowest BCUT2D eigenvalue weighted by atomic mass is 9.72. The molecule has 82 valence electrons. The number of hydrogen-bond donors (Lipinski definition) is 1. The Bertz CT molecular complexity index is 298. The molecule has 0 radical (unpaired) electrons. The Morgan fingerprint density at radius 1 is 1.07 bits per heavy atom. The van der Waals surface area contributed by atoms with E-state index in [-0.39, 0.29) is 5.54 Å². The van der Waals surface area contributed by atoms with E-state index in [4.69, 9.17) is 5.73 Å². The van der Waals surface area contributed by atoms with Crippen LogP contribution in [0.5, 0.6) is 0 Å². The molecule has 0 saturated heterocycles. The Morgan fingerprint density at radius 3 is 2.27 bits per heavy atom. The van der Waals surface area contributed by atoms with Gasteiger partial charge in [-0.3, -0.25) is 0 Å². The van der Waals surface area contributed by atoms with Crippen molar-refractivity contribution in [1.82, 2.24) is 0 Å². The van der Waals surface area contributed by atoms with Gasteiger partial charge in [-0.1, -0.05) is 56.5 Å². The summed E-state index contributed by atoms with van der Waals surface area (Å²) in [7, 11) is 0. The molecule has 1 atom stereocenters. The van der Waals surface area contributed by atoms with Crippen LogP contribution >= 0.6 is 0 Å². The second-order valence-corrected chi connectivity index (χ2v) is 4.93. The molecule has 0 bridgehead atoms. The molecule has 0 aliphatic heterocycles. The van der Waals surface area contributed by atoms with Crippen molar-refractivity contribution in [2.45, 2.75) is 50.5 Å². The molecule has 0 spiro atoms. The fraction of sp³-hybridized carbons (Fsp3) is 0.571. The van der Waals surface area contributed by atoms with Gasteiger partial charge in [-0.05, 0) is 24.3 Å². The van der Waals surface area contributed by atoms with Crippen molar-refractivity contribution in [3.63, 3.8) is 0 Å². The summed E-state index contributed by atoms with van der Waals surface area (Å²) >= 11 is 0. The lowest BCUT2D eigenvalue weighted by Gasteiger charge is -2.39. The fourth-order valence-electron chi connectivity index (χ4n) is 2.72. The van der Waals surface area contributed by atoms with Crippen LogP contribution in [0, 0.1) is 0 Å². The Morgan fingerprint density at radius 2 is 1.67 bits per heavy atom. The average Bonchev–Trinajstić information content (AvgIpc) is 2.30. The zero-order valence-electron chi connectivity index (χ0n) is 9.58. The molecule has 1 saturated carbocycles. The molecule has 1 aromatic rings. The average molecular weight is 203 g/mol. The van der Waals surface area contributed by atoms with Crippen LogP contribution in [-0.2, 0) is 0 Å². The van der Waals surface area contributed by atoms with Crippen molar-refractivity contribution in [3.8, 4) is 0 Å². The van der Waals surface area contributed by atoms with E-state index in [1.165, 1.54) is 37.7 Å². The highest BCUT2D eigenvalue weighted by Gasteiger charge is 2.33. The van der Waals surface area contributed by atoms with E-state index in [1.54, 1.807) is 0 Å². The van der Waals surface area contributed by atoms with E-state index in [1.807, 2.05) is 0 Å². The predicted octanol–water partition coefficient (Wildman–Crippen LogP) is 3.45. The SMILES string of the molecule is C[C@H](c1ccccc1)C1(N)CCCCC1. The van der Waals surface area contributed by atoms with E-state index >= 15 is 0 Å². The van der Waals surface area contributed by atoms with Gasteiger partial charge in [0.1, 0.15) is 0 Å². The third-order valence-electron chi connectivity index (χ3n) is 3.95. The van der Waals surface area contributed by atoms with Crippen LogP contribution in [0.3, 0.4) is 0 Å². The van der Waals surface area contributed by atoms with Crippen LogP contribution in [0.25, 0.3) is 0 Å². The van der Waals surface area contributed by atoms with E-state index in [9.17, 15) is 0 Å². The minimum atomic E-state index is 0.0413. The van der Waals surface area contributed by atoms with Crippen LogP contribution in [0.15, 0.2) is 30.3 Å². The maximum Gasteiger partial charge on any atom is 0.0221 e. The maximum atomic E-state index is 6.53. The van der Waals surface area contributed by atoms with Gasteiger partial charge in [0, 0.05) is 5.54 Å². The van der Waals surface area contributed by atoms with Gasteiger partial charge in [0.15, 0.2) is 0 Å². The van der Waals surface area contributed by atoms with Crippen molar-refractivity contribution in [1.29, 1.82) is 0 Å². The third-order valence-corrected chi connectivity index (χ3v) is 3.95. The van der Waals surface area contributed by atoms with E-state index in [2.05, 4.69) is 37.3 Å². The van der Waals surface area contributed by atoms with Crippen LogP contribution in [0.1, 0.15) is 50.5 Å². The van der Waals surface area contributed by atoms with E-state index in [0.717, 1.165) is 0 Å². The second-order valence-electron chi connectivity index (χ2n) is 4.93. The number of hydrogen-bond acceptors (Lipinski definition) is 1. The normalized spacial score (nSPS) is 22.3. The Labute approximate surface area is 92.7 Å². The van der Waals surface area contributed by atoms with Gasteiger partial charge in [0.05, 0.1) is 0 Å². The molecule has 0 unspecified atom stereocenters. The van der Waals surface area contributed by atoms with Gasteiger partial charge in [0.2, 0.25) is 0 Å². The number of rotatable bonds is 2. The lowest BCUT2D eigenvalue weighted by Crippen LogP contribution is -2.46. The molecular weight excluding hydrogens is 182 g/mol. The molecule has 1 nitrogen and oxygen atoms in total. The molecule has 0 amide bonds. The number of nitrogens with two attached hydrogens (primary N) is 1. The fourth-order valence-corrected chi connectivity index (χ4v) is 2.72. The van der Waals surface area contributed by atoms with Crippen molar-refractivity contribution in [2.75, 3.05) is 0 Å². The second kappa shape index (κ2) is 4.36. The molecule has 0 heterocycles. The summed E-state index contributed by atoms with van der Waals surface area (Å²) in [6.07, 6.45) is 6.33. The predicted molar refractivity (Wildman–Crippen MR) is 64.9 cm³/mol. The van der Waals surface area contributed by atoms with Crippen LogP contribution in [-0.4, -0.2) is 5.54 Å². The highest BCUT2D eigenvalue weighted by atomic mass is 14.8. The van der Waals surface area contributed by atoms with Crippen LogP contribution in [0.2, 0.25) is 0 Å². The van der Waals surface area contributed by atoms with Crippen LogP contribution < -0.4 is 5.73 Å². The van der Waals surface area contributed by atoms with Gasteiger partial charge >= 0.3 is 0 Å². The molecule has 1 aromatic carbocycles. The molecular formula is C14H21N. The minimum absolute atomic E-state index is 0.0413. The molecule has 0 aromatic heterocycles. The van der Waals surface area contributed by atoms with Crippen molar-refractivity contribution in [2.24, 2.45) is 5.73 Å². The summed E-state index contributed by atoms with van der Waals surface area (Å²) in [5, 5.41) is 0. The molecule has 1 heteroatoms. The first-order chi connectivity index (χ1) is 7.22. The van der Waals surface area contributed by atoms with Crippen molar-refractivity contribution >= 4 is 0 Å². The summed E-state index contributed by atoms with van der Waals surface area (Å²) in [4.78, 5) is 0. The quantitative estimate of drug-likeness (QED) is 0.782. The monoisotopic (exact) mass is 203 g/mol. The molecule has 2 N–H and O–H groups in total. The Hall–Kier alpha value is -0.820. The van der Waals surface area contributed by atoms with Gasteiger partial charge < -0.3 is 5.73 Å². The van der Waals surface area contributed by atoms with Crippen molar-refractivity contribution in [3.05, 3.63) is 35.9 Å². The maximum absolute atomic E-state index is 6.53. The third kappa shape index (κ3) is 2.23. The van der Waals surface area contributed by atoms with Crippen LogP contribution in [0.4, 0.5) is 0 Å². The van der Waals surface area contributed by atoms with E-state index in [0.29, 0.717) is 5.92 Å².